The van der Waals surface area contributed by atoms with Crippen LogP contribution in [0.25, 0.3) is 208 Å². The highest BCUT2D eigenvalue weighted by atomic mass is 15.0. The molecule has 13 heteroatoms. The van der Waals surface area contributed by atoms with Crippen LogP contribution in [0.4, 0.5) is 11.4 Å². The van der Waals surface area contributed by atoms with E-state index in [1.807, 2.05) is 164 Å². The molecule has 0 unspecified atom stereocenters. The molecule has 590 valence electrons. The van der Waals surface area contributed by atoms with Gasteiger partial charge in [-0.25, -0.2) is 9.69 Å². The van der Waals surface area contributed by atoms with E-state index in [1.165, 1.54) is 21.5 Å². The Morgan fingerprint density at radius 1 is 0.164 bits per heavy atom. The molecule has 0 radical (unpaired) electrons. The highest BCUT2D eigenvalue weighted by molar-refractivity contribution is 6.15. The van der Waals surface area contributed by atoms with Crippen molar-refractivity contribution >= 4 is 142 Å². The van der Waals surface area contributed by atoms with E-state index in [9.17, 15) is 26.3 Å². The monoisotopic (exact) mass is 1630 g/mol. The van der Waals surface area contributed by atoms with Crippen LogP contribution in [-0.2, 0) is 0 Å². The Labute approximate surface area is 733 Å². The lowest BCUT2D eigenvalue weighted by molar-refractivity contribution is 1.17. The largest absolute Gasteiger partial charge is 0.309 e. The van der Waals surface area contributed by atoms with Crippen LogP contribution >= 0.6 is 0 Å². The summed E-state index contributed by atoms with van der Waals surface area (Å²) in [6.45, 7) is 15.0. The molecule has 0 atom stereocenters. The Bertz CT molecular complexity index is 9050. The third-order valence-electron chi connectivity index (χ3n) is 24.6. The second kappa shape index (κ2) is 31.0. The minimum Gasteiger partial charge on any atom is -0.309 e. The predicted molar refractivity (Wildman–Crippen MR) is 518 cm³/mol. The lowest BCUT2D eigenvalue weighted by Gasteiger charge is -2.13. The lowest BCUT2D eigenvalue weighted by atomic mass is 10.0. The van der Waals surface area contributed by atoms with Gasteiger partial charge >= 0.3 is 0 Å². The average Bonchev–Trinajstić information content (AvgIpc) is 1.59. The highest BCUT2D eigenvalue weighted by Crippen LogP contribution is 2.44. The first-order valence-electron chi connectivity index (χ1n) is 41.8. The van der Waals surface area contributed by atoms with Crippen molar-refractivity contribution in [2.24, 2.45) is 0 Å². The standard InChI is InChI=1S/C39H21N5.2C38H22N4/c1-42-29-14-16-39-35(22-29)33-10-3-5-12-37(33)44(39)31-18-26(24-41)17-28(21-31)27-7-6-8-30(20-27)43-36-11-4-2-9-32(36)34-19-25(23-40)13-15-38(34)43;1-40-28-17-18-38-34(23-28)33-13-4-7-16-37(33)42(38)30-20-25(24-39)19-27(22-30)26-9-8-10-29(21-26)41-35-14-5-2-11-31(35)32-12-3-6-15-36(32)41;39-23-25-16-17-38-34(20-25)33-12-3-6-15-37(33)41(38)29-9-7-8-27(21-29)28-18-26(24-40)19-30(22-28)42-35-13-4-1-10-31(35)32-11-2-5-14-36(32)42/h2-22H;2-23H;1-22H. The topological polar surface area (TPSA) is 157 Å². The molecule has 24 rings (SSSR count). The molecule has 0 aliphatic carbocycles. The lowest BCUT2D eigenvalue weighted by Crippen LogP contribution is -1.97. The molecular formula is C115H65N13. The second-order valence-electron chi connectivity index (χ2n) is 31.8. The Balaban J connectivity index is 0.000000113. The first-order valence-corrected chi connectivity index (χ1v) is 41.8. The van der Waals surface area contributed by atoms with Crippen LogP contribution < -0.4 is 0 Å². The highest BCUT2D eigenvalue weighted by Gasteiger charge is 2.23. The third-order valence-corrected chi connectivity index (χ3v) is 24.6. The average molecular weight is 1630 g/mol. The van der Waals surface area contributed by atoms with Gasteiger partial charge in [-0.15, -0.1) is 0 Å². The van der Waals surface area contributed by atoms with Gasteiger partial charge in [0, 0.05) is 88.0 Å². The van der Waals surface area contributed by atoms with E-state index < -0.39 is 0 Å². The van der Waals surface area contributed by atoms with Crippen molar-refractivity contribution in [3.63, 3.8) is 0 Å². The molecule has 13 nitrogen and oxygen atoms in total. The van der Waals surface area contributed by atoms with Gasteiger partial charge in [0.2, 0.25) is 0 Å². The van der Waals surface area contributed by atoms with Crippen molar-refractivity contribution in [2.75, 3.05) is 0 Å². The Kier molecular flexibility index (Phi) is 18.3. The molecule has 0 aliphatic rings. The van der Waals surface area contributed by atoms with Crippen LogP contribution in [0.2, 0.25) is 0 Å². The SMILES string of the molecule is N#Cc1cc(-c2cccc(-n3c4ccccc4c4cc(C#N)ccc43)c2)cc(-n2c3ccccc3c3ccccc32)c1.[C-]#[N+]c1ccc2c(c1)c1ccccc1n2-c1cc(C#N)cc(-c2cccc(-n3c4ccccc4c4cc(C#N)ccc43)c2)c1.[C-]#[N+]c1ccc2c(c1)c1ccccc1n2-c1cc(C#N)cc(-c2cccc(-n3c4ccccc4c4ccccc43)c2)c1. The van der Waals surface area contributed by atoms with Gasteiger partial charge in [0.05, 0.1) is 138 Å². The molecule has 0 fully saturated rings. The van der Waals surface area contributed by atoms with E-state index in [0.29, 0.717) is 39.2 Å². The van der Waals surface area contributed by atoms with Crippen molar-refractivity contribution in [1.29, 1.82) is 26.3 Å². The van der Waals surface area contributed by atoms with Crippen LogP contribution in [0.3, 0.4) is 0 Å². The molecule has 0 spiro atoms. The number of hydrogen-bond acceptors (Lipinski definition) is 5. The maximum Gasteiger partial charge on any atom is 0.188 e. The molecule has 18 aromatic carbocycles. The molecule has 24 aromatic rings. The van der Waals surface area contributed by atoms with E-state index in [1.54, 1.807) is 0 Å². The smallest absolute Gasteiger partial charge is 0.188 e. The molecule has 0 aliphatic heterocycles. The number of fused-ring (bicyclic) bond motifs is 18. The molecule has 0 saturated carbocycles. The van der Waals surface area contributed by atoms with E-state index in [4.69, 9.17) is 13.1 Å². The van der Waals surface area contributed by atoms with Crippen molar-refractivity contribution < 1.29 is 0 Å². The van der Waals surface area contributed by atoms with Gasteiger partial charge in [-0.2, -0.15) is 26.3 Å². The van der Waals surface area contributed by atoms with Gasteiger partial charge in [0.1, 0.15) is 0 Å². The van der Waals surface area contributed by atoms with Crippen LogP contribution in [0, 0.1) is 69.8 Å². The summed E-state index contributed by atoms with van der Waals surface area (Å²) in [5.41, 5.74) is 28.7. The van der Waals surface area contributed by atoms with Crippen molar-refractivity contribution in [1.82, 2.24) is 27.4 Å². The second-order valence-corrected chi connectivity index (χ2v) is 31.8. The van der Waals surface area contributed by atoms with Crippen LogP contribution in [0.15, 0.2) is 394 Å². The number of aromatic nitrogens is 6. The molecule has 128 heavy (non-hydrogen) atoms. The zero-order chi connectivity index (χ0) is 86.2. The summed E-state index contributed by atoms with van der Waals surface area (Å²) in [5, 5.41) is 62.5. The fourth-order valence-corrected chi connectivity index (χ4v) is 19.0. The molecule has 6 aromatic heterocycles. The Morgan fingerprint density at radius 2 is 0.375 bits per heavy atom. The van der Waals surface area contributed by atoms with Gasteiger partial charge in [-0.1, -0.05) is 194 Å². The normalized spacial score (nSPS) is 11.2. The summed E-state index contributed by atoms with van der Waals surface area (Å²) in [4.78, 5) is 7.30. The summed E-state index contributed by atoms with van der Waals surface area (Å²) >= 11 is 0. The first kappa shape index (κ1) is 75.4. The van der Waals surface area contributed by atoms with E-state index in [-0.39, 0.29) is 0 Å². The maximum atomic E-state index is 10.1. The first-order chi connectivity index (χ1) is 63.1. The molecule has 0 N–H and O–H groups in total. The van der Waals surface area contributed by atoms with Crippen LogP contribution in [0.1, 0.15) is 27.8 Å². The van der Waals surface area contributed by atoms with E-state index in [2.05, 4.69) is 298 Å². The zero-order valence-corrected chi connectivity index (χ0v) is 68.3. The van der Waals surface area contributed by atoms with Crippen molar-refractivity contribution in [3.8, 4) is 97.9 Å². The molecular weight excluding hydrogens is 1560 g/mol. The number of hydrogen-bond donors (Lipinski definition) is 0. The molecule has 6 heterocycles. The molecule has 0 saturated heterocycles. The summed E-state index contributed by atoms with van der Waals surface area (Å²) in [7, 11) is 0. The van der Waals surface area contributed by atoms with E-state index >= 15 is 0 Å². The summed E-state index contributed by atoms with van der Waals surface area (Å²) in [5.74, 6) is 0. The van der Waals surface area contributed by atoms with Crippen LogP contribution in [-0.4, -0.2) is 27.4 Å². The summed E-state index contributed by atoms with van der Waals surface area (Å²) < 4.78 is 13.4. The summed E-state index contributed by atoms with van der Waals surface area (Å²) in [6.07, 6.45) is 0. The van der Waals surface area contributed by atoms with Gasteiger partial charge < -0.3 is 27.4 Å². The van der Waals surface area contributed by atoms with Gasteiger partial charge in [0.15, 0.2) is 11.4 Å². The Hall–Kier alpha value is -18.8. The van der Waals surface area contributed by atoms with Crippen molar-refractivity contribution in [3.05, 3.63) is 445 Å². The number of para-hydroxylation sites is 8. The van der Waals surface area contributed by atoms with Gasteiger partial charge in [0.25, 0.3) is 0 Å². The fourth-order valence-electron chi connectivity index (χ4n) is 19.0. The van der Waals surface area contributed by atoms with Gasteiger partial charge in [-0.05, 0) is 244 Å². The quantitative estimate of drug-likeness (QED) is 0.131. The molecule has 0 amide bonds. The van der Waals surface area contributed by atoms with E-state index in [0.717, 1.165) is 177 Å². The minimum absolute atomic E-state index is 0.563. The zero-order valence-electron chi connectivity index (χ0n) is 68.3. The maximum absolute atomic E-state index is 10.1. The fraction of sp³-hybridized carbons (Fsp3) is 0. The third kappa shape index (κ3) is 12.6. The predicted octanol–water partition coefficient (Wildman–Crippen LogP) is 29.1. The van der Waals surface area contributed by atoms with Crippen molar-refractivity contribution in [2.45, 2.75) is 0 Å². The summed E-state index contributed by atoms with van der Waals surface area (Å²) in [6, 6.07) is 145. The number of nitriles is 5. The Morgan fingerprint density at radius 3 is 0.625 bits per heavy atom. The number of nitrogens with zero attached hydrogens (tertiary/aromatic N) is 13. The number of benzene rings is 18. The minimum atomic E-state index is 0.563. The van der Waals surface area contributed by atoms with Crippen LogP contribution in [0.5, 0.6) is 0 Å². The molecule has 0 bridgehead atoms. The van der Waals surface area contributed by atoms with Gasteiger partial charge in [-0.3, -0.25) is 0 Å². The number of rotatable bonds is 9.